The number of benzene rings is 1. The molecule has 1 aliphatic rings. The number of nitrogens with zero attached hydrogens (tertiary/aromatic N) is 2. The van der Waals surface area contributed by atoms with Gasteiger partial charge in [-0.25, -0.2) is 9.80 Å². The van der Waals surface area contributed by atoms with Crippen LogP contribution in [0.1, 0.15) is 23.2 Å². The quantitative estimate of drug-likeness (QED) is 0.829. The van der Waals surface area contributed by atoms with E-state index in [2.05, 4.69) is 9.84 Å². The maximum Gasteiger partial charge on any atom is 0.335 e. The maximum atomic E-state index is 11.8. The van der Waals surface area contributed by atoms with Crippen molar-refractivity contribution in [3.8, 4) is 0 Å². The van der Waals surface area contributed by atoms with E-state index in [9.17, 15) is 14.4 Å². The highest BCUT2D eigenvalue weighted by Crippen LogP contribution is 2.22. The SMILES string of the molecule is COC(=O)CC1=NN(c2ccc(C(=O)O)cc2)C(=O)C1. The van der Waals surface area contributed by atoms with Crippen LogP contribution in [0.4, 0.5) is 5.69 Å². The van der Waals surface area contributed by atoms with E-state index in [0.29, 0.717) is 11.4 Å². The minimum absolute atomic E-state index is 0.0358. The summed E-state index contributed by atoms with van der Waals surface area (Å²) in [6.45, 7) is 0. The lowest BCUT2D eigenvalue weighted by Crippen LogP contribution is -2.19. The number of esters is 1. The van der Waals surface area contributed by atoms with Crippen molar-refractivity contribution in [1.29, 1.82) is 0 Å². The molecule has 1 amide bonds. The Kier molecular flexibility index (Phi) is 3.79. The molecule has 0 aliphatic carbocycles. The predicted octanol–water partition coefficient (Wildman–Crippen LogP) is 1.04. The van der Waals surface area contributed by atoms with Gasteiger partial charge in [-0.1, -0.05) is 0 Å². The third kappa shape index (κ3) is 2.82. The number of rotatable bonds is 4. The monoisotopic (exact) mass is 276 g/mol. The molecule has 0 aromatic heterocycles. The van der Waals surface area contributed by atoms with Crippen molar-refractivity contribution in [2.75, 3.05) is 12.1 Å². The van der Waals surface area contributed by atoms with Gasteiger partial charge in [0.15, 0.2) is 0 Å². The van der Waals surface area contributed by atoms with E-state index in [1.54, 1.807) is 0 Å². The minimum atomic E-state index is -1.04. The molecule has 1 aliphatic heterocycles. The van der Waals surface area contributed by atoms with E-state index >= 15 is 0 Å². The van der Waals surface area contributed by atoms with Gasteiger partial charge in [0.05, 0.1) is 36.9 Å². The summed E-state index contributed by atoms with van der Waals surface area (Å²) in [6.07, 6.45) is 0.0156. The van der Waals surface area contributed by atoms with Gasteiger partial charge in [0.25, 0.3) is 5.91 Å². The Hall–Kier alpha value is -2.70. The van der Waals surface area contributed by atoms with E-state index in [0.717, 1.165) is 5.01 Å². The molecule has 20 heavy (non-hydrogen) atoms. The van der Waals surface area contributed by atoms with Gasteiger partial charge in [0.1, 0.15) is 0 Å². The Morgan fingerprint density at radius 3 is 2.55 bits per heavy atom. The fourth-order valence-corrected chi connectivity index (χ4v) is 1.77. The van der Waals surface area contributed by atoms with Crippen LogP contribution in [0.25, 0.3) is 0 Å². The average Bonchev–Trinajstić information content (AvgIpc) is 2.79. The summed E-state index contributed by atoms with van der Waals surface area (Å²) in [5, 5.41) is 14.0. The van der Waals surface area contributed by atoms with Gasteiger partial charge < -0.3 is 9.84 Å². The van der Waals surface area contributed by atoms with Crippen LogP contribution < -0.4 is 5.01 Å². The molecule has 104 valence electrons. The second-order valence-corrected chi connectivity index (χ2v) is 4.15. The maximum absolute atomic E-state index is 11.8. The third-order valence-electron chi connectivity index (χ3n) is 2.77. The fourth-order valence-electron chi connectivity index (χ4n) is 1.77. The smallest absolute Gasteiger partial charge is 0.335 e. The number of amides is 1. The molecule has 0 unspecified atom stereocenters. The Morgan fingerprint density at radius 2 is 2.00 bits per heavy atom. The Balaban J connectivity index is 2.17. The van der Waals surface area contributed by atoms with Gasteiger partial charge in [-0.2, -0.15) is 5.10 Å². The molecule has 1 N–H and O–H groups in total. The van der Waals surface area contributed by atoms with Crippen molar-refractivity contribution in [2.45, 2.75) is 12.8 Å². The highest BCUT2D eigenvalue weighted by Gasteiger charge is 2.26. The van der Waals surface area contributed by atoms with Crippen molar-refractivity contribution in [2.24, 2.45) is 5.10 Å². The van der Waals surface area contributed by atoms with Gasteiger partial charge in [-0.05, 0) is 24.3 Å². The summed E-state index contributed by atoms with van der Waals surface area (Å²) in [6, 6.07) is 5.76. The van der Waals surface area contributed by atoms with Gasteiger partial charge in [0, 0.05) is 0 Å². The van der Waals surface area contributed by atoms with Crippen LogP contribution in [0.2, 0.25) is 0 Å². The Labute approximate surface area is 114 Å². The molecule has 1 aromatic carbocycles. The van der Waals surface area contributed by atoms with Crippen molar-refractivity contribution in [3.05, 3.63) is 29.8 Å². The molecule has 0 bridgehead atoms. The van der Waals surface area contributed by atoms with E-state index in [4.69, 9.17) is 5.11 Å². The summed E-state index contributed by atoms with van der Waals surface area (Å²) < 4.78 is 4.52. The molecule has 0 spiro atoms. The molecule has 1 heterocycles. The molecule has 7 nitrogen and oxygen atoms in total. The van der Waals surface area contributed by atoms with Crippen LogP contribution in [-0.4, -0.2) is 35.8 Å². The molecule has 0 saturated carbocycles. The Morgan fingerprint density at radius 1 is 1.35 bits per heavy atom. The summed E-state index contributed by atoms with van der Waals surface area (Å²) in [5.41, 5.74) is 1.00. The topological polar surface area (TPSA) is 96.3 Å². The first-order chi connectivity index (χ1) is 9.51. The number of hydrogen-bond donors (Lipinski definition) is 1. The molecule has 7 heteroatoms. The molecular formula is C13H12N2O5. The summed E-state index contributed by atoms with van der Waals surface area (Å²) in [5.74, 6) is -1.77. The summed E-state index contributed by atoms with van der Waals surface area (Å²) in [7, 11) is 1.27. The first-order valence-electron chi connectivity index (χ1n) is 5.80. The van der Waals surface area contributed by atoms with E-state index < -0.39 is 11.9 Å². The van der Waals surface area contributed by atoms with Crippen LogP contribution in [0, 0.1) is 0 Å². The molecule has 0 radical (unpaired) electrons. The number of ether oxygens (including phenoxy) is 1. The summed E-state index contributed by atoms with van der Waals surface area (Å²) >= 11 is 0. The normalized spacial score (nSPS) is 14.2. The molecule has 2 rings (SSSR count). The lowest BCUT2D eigenvalue weighted by Gasteiger charge is -2.11. The number of anilines is 1. The molecular weight excluding hydrogens is 264 g/mol. The van der Waals surface area contributed by atoms with Crippen molar-refractivity contribution < 1.29 is 24.2 Å². The first-order valence-corrected chi connectivity index (χ1v) is 5.80. The molecule has 1 aromatic rings. The van der Waals surface area contributed by atoms with E-state index in [1.807, 2.05) is 0 Å². The predicted molar refractivity (Wildman–Crippen MR) is 69.6 cm³/mol. The first kappa shape index (κ1) is 13.7. The Bertz CT molecular complexity index is 591. The lowest BCUT2D eigenvalue weighted by molar-refractivity contribution is -0.139. The molecule has 0 atom stereocenters. The number of hydrazone groups is 1. The van der Waals surface area contributed by atoms with Crippen LogP contribution >= 0.6 is 0 Å². The van der Waals surface area contributed by atoms with Crippen LogP contribution in [0.5, 0.6) is 0 Å². The highest BCUT2D eigenvalue weighted by molar-refractivity contribution is 6.16. The highest BCUT2D eigenvalue weighted by atomic mass is 16.5. The fraction of sp³-hybridized carbons (Fsp3) is 0.231. The van der Waals surface area contributed by atoms with E-state index in [-0.39, 0.29) is 24.3 Å². The number of carboxylic acid groups (broad SMARTS) is 1. The van der Waals surface area contributed by atoms with E-state index in [1.165, 1.54) is 31.4 Å². The minimum Gasteiger partial charge on any atom is -0.478 e. The zero-order valence-corrected chi connectivity index (χ0v) is 10.7. The van der Waals surface area contributed by atoms with Crippen LogP contribution in [-0.2, 0) is 14.3 Å². The number of carboxylic acids is 1. The number of aromatic carboxylic acids is 1. The van der Waals surface area contributed by atoms with Crippen molar-refractivity contribution >= 4 is 29.2 Å². The van der Waals surface area contributed by atoms with Crippen LogP contribution in [0.3, 0.4) is 0 Å². The number of carbonyl (C=O) groups excluding carboxylic acids is 2. The van der Waals surface area contributed by atoms with Crippen molar-refractivity contribution in [1.82, 2.24) is 0 Å². The lowest BCUT2D eigenvalue weighted by atomic mass is 10.2. The van der Waals surface area contributed by atoms with Crippen LogP contribution in [0.15, 0.2) is 29.4 Å². The second-order valence-electron chi connectivity index (χ2n) is 4.15. The third-order valence-corrected chi connectivity index (χ3v) is 2.77. The number of methoxy groups -OCH3 is 1. The van der Waals surface area contributed by atoms with Crippen molar-refractivity contribution in [3.63, 3.8) is 0 Å². The van der Waals surface area contributed by atoms with Gasteiger partial charge in [-0.15, -0.1) is 0 Å². The number of hydrogen-bond acceptors (Lipinski definition) is 5. The molecule has 0 fully saturated rings. The van der Waals surface area contributed by atoms with Gasteiger partial charge in [-0.3, -0.25) is 9.59 Å². The zero-order chi connectivity index (χ0) is 14.7. The van der Waals surface area contributed by atoms with Gasteiger partial charge >= 0.3 is 11.9 Å². The standard InChI is InChI=1S/C13H12N2O5/c1-20-12(17)7-9-6-11(16)15(14-9)10-4-2-8(3-5-10)13(18)19/h2-5H,6-7H2,1H3,(H,18,19). The van der Waals surface area contributed by atoms with Gasteiger partial charge in [0.2, 0.25) is 0 Å². The second kappa shape index (κ2) is 5.52. The average molecular weight is 276 g/mol. The number of carbonyl (C=O) groups is 3. The largest absolute Gasteiger partial charge is 0.478 e. The zero-order valence-electron chi connectivity index (χ0n) is 10.7. The molecule has 0 saturated heterocycles. The summed E-state index contributed by atoms with van der Waals surface area (Å²) in [4.78, 5) is 33.7.